The Morgan fingerprint density at radius 3 is 2.81 bits per heavy atom. The number of para-hydroxylation sites is 1. The number of benzene rings is 1. The molecule has 1 aromatic rings. The Kier molecular flexibility index (Phi) is 5.05. The van der Waals surface area contributed by atoms with E-state index < -0.39 is 5.97 Å². The maximum atomic E-state index is 11.1. The van der Waals surface area contributed by atoms with Gasteiger partial charge in [0, 0.05) is 12.0 Å². The van der Waals surface area contributed by atoms with Crippen molar-refractivity contribution in [1.29, 1.82) is 0 Å². The Hall–Kier alpha value is -1.84. The van der Waals surface area contributed by atoms with Gasteiger partial charge in [-0.15, -0.1) is 0 Å². The molecule has 1 aromatic carbocycles. The number of hydrogen-bond acceptors (Lipinski definition) is 4. The van der Waals surface area contributed by atoms with E-state index in [1.165, 1.54) is 0 Å². The van der Waals surface area contributed by atoms with E-state index in [0.717, 1.165) is 11.8 Å². The van der Waals surface area contributed by atoms with Crippen molar-refractivity contribution in [2.45, 2.75) is 13.3 Å². The highest BCUT2D eigenvalue weighted by Crippen LogP contribution is 2.17. The zero-order valence-electron chi connectivity index (χ0n) is 9.14. The van der Waals surface area contributed by atoms with Crippen molar-refractivity contribution in [3.63, 3.8) is 0 Å². The van der Waals surface area contributed by atoms with Gasteiger partial charge in [-0.1, -0.05) is 18.2 Å². The van der Waals surface area contributed by atoms with Gasteiger partial charge < -0.3 is 14.3 Å². The van der Waals surface area contributed by atoms with Crippen LogP contribution in [0.15, 0.2) is 24.3 Å². The molecule has 4 heteroatoms. The molecule has 0 bridgehead atoms. The van der Waals surface area contributed by atoms with Crippen LogP contribution in [0.5, 0.6) is 5.75 Å². The van der Waals surface area contributed by atoms with Crippen LogP contribution in [0.2, 0.25) is 0 Å². The van der Waals surface area contributed by atoms with Crippen molar-refractivity contribution >= 4 is 12.3 Å². The molecule has 0 amide bonds. The third kappa shape index (κ3) is 3.73. The molecule has 0 saturated carbocycles. The number of rotatable bonds is 6. The average molecular weight is 222 g/mol. The van der Waals surface area contributed by atoms with Crippen molar-refractivity contribution in [3.8, 4) is 5.75 Å². The predicted molar refractivity (Wildman–Crippen MR) is 58.3 cm³/mol. The van der Waals surface area contributed by atoms with E-state index in [-0.39, 0.29) is 13.0 Å². The van der Waals surface area contributed by atoms with Crippen LogP contribution in [0.1, 0.15) is 12.5 Å². The molecule has 0 spiro atoms. The van der Waals surface area contributed by atoms with Crippen molar-refractivity contribution in [2.75, 3.05) is 13.2 Å². The van der Waals surface area contributed by atoms with Crippen LogP contribution in [0.25, 0.3) is 0 Å². The van der Waals surface area contributed by atoms with Crippen LogP contribution in [0.3, 0.4) is 0 Å². The highest BCUT2D eigenvalue weighted by atomic mass is 16.6. The lowest BCUT2D eigenvalue weighted by molar-refractivity contribution is -0.145. The van der Waals surface area contributed by atoms with Gasteiger partial charge in [0.05, 0.1) is 6.61 Å². The summed E-state index contributed by atoms with van der Waals surface area (Å²) in [6.07, 6.45) is 1.07. The van der Waals surface area contributed by atoms with Gasteiger partial charge in [-0.2, -0.15) is 0 Å². The molecule has 86 valence electrons. The number of esters is 1. The minimum absolute atomic E-state index is 0.135. The van der Waals surface area contributed by atoms with Crippen LogP contribution in [0.4, 0.5) is 0 Å². The van der Waals surface area contributed by atoms with E-state index >= 15 is 0 Å². The second kappa shape index (κ2) is 6.61. The monoisotopic (exact) mass is 222 g/mol. The topological polar surface area (TPSA) is 52.6 Å². The van der Waals surface area contributed by atoms with E-state index in [9.17, 15) is 9.59 Å². The third-order valence-electron chi connectivity index (χ3n) is 1.93. The van der Waals surface area contributed by atoms with Crippen molar-refractivity contribution in [2.24, 2.45) is 0 Å². The largest absolute Gasteiger partial charge is 0.482 e. The maximum Gasteiger partial charge on any atom is 0.344 e. The van der Waals surface area contributed by atoms with Gasteiger partial charge in [0.1, 0.15) is 12.0 Å². The average Bonchev–Trinajstić information content (AvgIpc) is 2.29. The number of carbonyl (C=O) groups excluding carboxylic acids is 2. The lowest BCUT2D eigenvalue weighted by atomic mass is 10.1. The van der Waals surface area contributed by atoms with E-state index in [2.05, 4.69) is 0 Å². The Morgan fingerprint density at radius 2 is 2.12 bits per heavy atom. The third-order valence-corrected chi connectivity index (χ3v) is 1.93. The first-order valence-electron chi connectivity index (χ1n) is 5.08. The van der Waals surface area contributed by atoms with Gasteiger partial charge in [0.15, 0.2) is 6.61 Å². The number of aldehydes is 1. The van der Waals surface area contributed by atoms with E-state index in [0.29, 0.717) is 12.4 Å². The van der Waals surface area contributed by atoms with Gasteiger partial charge in [-0.3, -0.25) is 0 Å². The molecule has 0 saturated heterocycles. The van der Waals surface area contributed by atoms with E-state index in [1.54, 1.807) is 25.1 Å². The fraction of sp³-hybridized carbons (Fsp3) is 0.333. The Labute approximate surface area is 94.2 Å². The molecule has 0 unspecified atom stereocenters. The second-order valence-electron chi connectivity index (χ2n) is 3.07. The summed E-state index contributed by atoms with van der Waals surface area (Å²) >= 11 is 0. The lowest BCUT2D eigenvalue weighted by Gasteiger charge is -2.08. The molecule has 0 aliphatic carbocycles. The highest BCUT2D eigenvalue weighted by Gasteiger charge is 2.06. The highest BCUT2D eigenvalue weighted by molar-refractivity contribution is 5.71. The van der Waals surface area contributed by atoms with Gasteiger partial charge in [-0.05, 0) is 13.0 Å². The van der Waals surface area contributed by atoms with Gasteiger partial charge >= 0.3 is 5.97 Å². The molecule has 0 fully saturated rings. The molecule has 0 N–H and O–H groups in total. The van der Waals surface area contributed by atoms with Gasteiger partial charge in [-0.25, -0.2) is 4.79 Å². The molecule has 0 atom stereocenters. The summed E-state index contributed by atoms with van der Waals surface area (Å²) in [6.45, 7) is 1.93. The van der Waals surface area contributed by atoms with Gasteiger partial charge in [0.2, 0.25) is 0 Å². The summed E-state index contributed by atoms with van der Waals surface area (Å²) in [6, 6.07) is 7.11. The van der Waals surface area contributed by atoms with Crippen molar-refractivity contribution < 1.29 is 19.1 Å². The van der Waals surface area contributed by atoms with Gasteiger partial charge in [0.25, 0.3) is 0 Å². The summed E-state index contributed by atoms with van der Waals surface area (Å²) in [4.78, 5) is 21.5. The first kappa shape index (κ1) is 12.2. The summed E-state index contributed by atoms with van der Waals surface area (Å²) in [5.74, 6) is 0.131. The molecular formula is C12H14O4. The number of hydrogen-bond donors (Lipinski definition) is 0. The fourth-order valence-electron chi connectivity index (χ4n) is 1.24. The summed E-state index contributed by atoms with van der Waals surface area (Å²) in [5.41, 5.74) is 0.766. The zero-order valence-corrected chi connectivity index (χ0v) is 9.14. The first-order chi connectivity index (χ1) is 7.77. The van der Waals surface area contributed by atoms with Crippen molar-refractivity contribution in [3.05, 3.63) is 29.8 Å². The minimum Gasteiger partial charge on any atom is -0.482 e. The Morgan fingerprint density at radius 1 is 1.38 bits per heavy atom. The Balaban J connectivity index is 2.58. The zero-order chi connectivity index (χ0) is 11.8. The molecule has 0 aliphatic heterocycles. The molecule has 4 nitrogen and oxygen atoms in total. The van der Waals surface area contributed by atoms with Crippen LogP contribution < -0.4 is 4.74 Å². The number of ether oxygens (including phenoxy) is 2. The second-order valence-corrected chi connectivity index (χ2v) is 3.07. The quantitative estimate of drug-likeness (QED) is 0.539. The Bertz CT molecular complexity index is 360. The summed E-state index contributed by atoms with van der Waals surface area (Å²) in [7, 11) is 0. The molecule has 16 heavy (non-hydrogen) atoms. The summed E-state index contributed by atoms with van der Waals surface area (Å²) < 4.78 is 10.0. The van der Waals surface area contributed by atoms with Crippen molar-refractivity contribution in [1.82, 2.24) is 0 Å². The molecule has 0 aliphatic rings. The van der Waals surface area contributed by atoms with E-state index in [4.69, 9.17) is 9.47 Å². The SMILES string of the molecule is CCOC(=O)COc1ccccc1CC=O. The molecule has 0 aromatic heterocycles. The maximum absolute atomic E-state index is 11.1. The first-order valence-corrected chi connectivity index (χ1v) is 5.08. The number of carbonyl (C=O) groups is 2. The summed E-state index contributed by atoms with van der Waals surface area (Å²) in [5, 5.41) is 0. The van der Waals surface area contributed by atoms with Crippen LogP contribution in [0, 0.1) is 0 Å². The fourth-order valence-corrected chi connectivity index (χ4v) is 1.24. The predicted octanol–water partition coefficient (Wildman–Crippen LogP) is 1.37. The standard InChI is InChI=1S/C12H14O4/c1-2-15-12(14)9-16-11-6-4-3-5-10(11)7-8-13/h3-6,8H,2,7,9H2,1H3. The molecular weight excluding hydrogens is 208 g/mol. The van der Waals surface area contributed by atoms with E-state index in [1.807, 2.05) is 6.07 Å². The smallest absolute Gasteiger partial charge is 0.344 e. The molecule has 0 heterocycles. The lowest BCUT2D eigenvalue weighted by Crippen LogP contribution is -2.15. The molecule has 1 rings (SSSR count). The minimum atomic E-state index is -0.414. The van der Waals surface area contributed by atoms with Crippen LogP contribution >= 0.6 is 0 Å². The normalized spacial score (nSPS) is 9.56. The van der Waals surface area contributed by atoms with Crippen LogP contribution in [-0.2, 0) is 20.7 Å². The van der Waals surface area contributed by atoms with Crippen LogP contribution in [-0.4, -0.2) is 25.5 Å². The molecule has 0 radical (unpaired) electrons.